The normalized spacial score (nSPS) is 18.0. The summed E-state index contributed by atoms with van der Waals surface area (Å²) >= 11 is 0. The van der Waals surface area contributed by atoms with Gasteiger partial charge in [-0.2, -0.15) is 9.40 Å². The summed E-state index contributed by atoms with van der Waals surface area (Å²) in [7, 11) is -3.65. The Morgan fingerprint density at radius 2 is 1.97 bits per heavy atom. The Bertz CT molecular complexity index is 1420. The van der Waals surface area contributed by atoms with E-state index < -0.39 is 10.0 Å². The Hall–Kier alpha value is -3.17. The van der Waals surface area contributed by atoms with Gasteiger partial charge < -0.3 is 10.1 Å². The number of aryl methyl sites for hydroxylation is 1. The summed E-state index contributed by atoms with van der Waals surface area (Å²) in [5.41, 5.74) is 3.82. The van der Waals surface area contributed by atoms with E-state index in [4.69, 9.17) is 0 Å². The zero-order valence-electron chi connectivity index (χ0n) is 17.0. The van der Waals surface area contributed by atoms with E-state index in [0.29, 0.717) is 11.2 Å². The van der Waals surface area contributed by atoms with Crippen molar-refractivity contribution in [1.29, 1.82) is 0 Å². The lowest BCUT2D eigenvalue weighted by molar-refractivity contribution is 0.320. The van der Waals surface area contributed by atoms with Gasteiger partial charge in [0.05, 0.1) is 17.1 Å². The van der Waals surface area contributed by atoms with Crippen molar-refractivity contribution >= 4 is 20.9 Å². The van der Waals surface area contributed by atoms with Gasteiger partial charge in [-0.05, 0) is 55.3 Å². The van der Waals surface area contributed by atoms with Gasteiger partial charge in [-0.3, -0.25) is 0 Å². The second-order valence-electron chi connectivity index (χ2n) is 7.80. The number of nitrogens with one attached hydrogen (secondary N) is 1. The number of aromatic nitrogens is 3. The van der Waals surface area contributed by atoms with Crippen molar-refractivity contribution in [1.82, 2.24) is 19.1 Å². The van der Waals surface area contributed by atoms with Gasteiger partial charge in [0.1, 0.15) is 5.82 Å². The van der Waals surface area contributed by atoms with Gasteiger partial charge in [0.15, 0.2) is 0 Å². The first kappa shape index (κ1) is 19.8. The first-order chi connectivity index (χ1) is 14.8. The van der Waals surface area contributed by atoms with Crippen molar-refractivity contribution in [3.8, 4) is 17.0 Å². The summed E-state index contributed by atoms with van der Waals surface area (Å²) in [5, 5.41) is 15.0. The molecule has 0 amide bonds. The molecule has 0 bridgehead atoms. The van der Waals surface area contributed by atoms with Gasteiger partial charge in [-0.25, -0.2) is 17.5 Å². The molecule has 0 saturated carbocycles. The van der Waals surface area contributed by atoms with Crippen LogP contribution in [-0.2, 0) is 16.6 Å². The molecule has 7 nitrogen and oxygen atoms in total. The predicted octanol–water partition coefficient (Wildman–Crippen LogP) is 3.95. The quantitative estimate of drug-likeness (QED) is 0.503. The van der Waals surface area contributed by atoms with Crippen LogP contribution >= 0.6 is 0 Å². The molecule has 0 spiro atoms. The summed E-state index contributed by atoms with van der Waals surface area (Å²) in [6.07, 6.45) is 1.81. The van der Waals surface area contributed by atoms with Crippen LogP contribution in [0.1, 0.15) is 24.2 Å². The third kappa shape index (κ3) is 3.12. The van der Waals surface area contributed by atoms with Crippen molar-refractivity contribution in [2.24, 2.45) is 0 Å². The fourth-order valence-electron chi connectivity index (χ4n) is 4.31. The van der Waals surface area contributed by atoms with Crippen LogP contribution in [0.5, 0.6) is 5.88 Å². The van der Waals surface area contributed by atoms with Gasteiger partial charge in [-0.15, -0.1) is 0 Å². The lowest BCUT2D eigenvalue weighted by Crippen LogP contribution is -2.30. The SMILES string of the molecule is Cc1cc(O)n(CCN2C(C)c3cc(-c4c[nH]c5cc(F)ccc45)ccc3S2(=O)=O)n1. The molecule has 0 fully saturated rings. The topological polar surface area (TPSA) is 91.2 Å². The van der Waals surface area contributed by atoms with Crippen LogP contribution in [0.15, 0.2) is 53.6 Å². The molecule has 2 aromatic heterocycles. The molecular weight excluding hydrogens is 419 g/mol. The number of nitrogens with zero attached hydrogens (tertiary/aromatic N) is 3. The second kappa shape index (κ2) is 6.93. The third-order valence-corrected chi connectivity index (χ3v) is 7.89. The van der Waals surface area contributed by atoms with Crippen molar-refractivity contribution in [2.45, 2.75) is 31.3 Å². The average Bonchev–Trinajstić information content (AvgIpc) is 3.33. The van der Waals surface area contributed by atoms with Crippen LogP contribution in [0.25, 0.3) is 22.0 Å². The molecule has 0 saturated heterocycles. The summed E-state index contributed by atoms with van der Waals surface area (Å²) in [6, 6.07) is 11.0. The minimum Gasteiger partial charge on any atom is -0.493 e. The highest BCUT2D eigenvalue weighted by molar-refractivity contribution is 7.89. The smallest absolute Gasteiger partial charge is 0.244 e. The first-order valence-electron chi connectivity index (χ1n) is 9.92. The molecular formula is C22H21FN4O3S. The van der Waals surface area contributed by atoms with E-state index in [1.54, 1.807) is 31.3 Å². The number of aromatic amines is 1. The number of fused-ring (bicyclic) bond motifs is 2. The Balaban J connectivity index is 1.49. The van der Waals surface area contributed by atoms with E-state index in [2.05, 4.69) is 10.1 Å². The lowest BCUT2D eigenvalue weighted by Gasteiger charge is -2.20. The lowest BCUT2D eigenvalue weighted by atomic mass is 9.99. The maximum atomic E-state index is 13.5. The molecule has 1 atom stereocenters. The summed E-state index contributed by atoms with van der Waals surface area (Å²) < 4.78 is 42.6. The highest BCUT2D eigenvalue weighted by Gasteiger charge is 2.40. The second-order valence-corrected chi connectivity index (χ2v) is 9.66. The maximum absolute atomic E-state index is 13.5. The average molecular weight is 441 g/mol. The minimum absolute atomic E-state index is 0.0114. The first-order valence-corrected chi connectivity index (χ1v) is 11.4. The number of aromatic hydroxyl groups is 1. The van der Waals surface area contributed by atoms with Crippen molar-refractivity contribution in [3.05, 3.63) is 65.7 Å². The highest BCUT2D eigenvalue weighted by atomic mass is 32.2. The number of rotatable bonds is 4. The fourth-order valence-corrected chi connectivity index (χ4v) is 6.18. The fraction of sp³-hybridized carbons (Fsp3) is 0.227. The minimum atomic E-state index is -3.65. The van der Waals surface area contributed by atoms with E-state index in [1.807, 2.05) is 13.0 Å². The molecule has 1 unspecified atom stereocenters. The Morgan fingerprint density at radius 1 is 1.16 bits per heavy atom. The molecule has 2 N–H and O–H groups in total. The maximum Gasteiger partial charge on any atom is 0.244 e. The van der Waals surface area contributed by atoms with Crippen molar-refractivity contribution in [3.63, 3.8) is 0 Å². The molecule has 9 heteroatoms. The number of hydrogen-bond donors (Lipinski definition) is 2. The molecule has 0 aliphatic carbocycles. The molecule has 2 aromatic carbocycles. The summed E-state index contributed by atoms with van der Waals surface area (Å²) in [6.45, 7) is 4.06. The van der Waals surface area contributed by atoms with E-state index in [-0.39, 0.29) is 35.7 Å². The van der Waals surface area contributed by atoms with Gasteiger partial charge in [0.25, 0.3) is 0 Å². The van der Waals surface area contributed by atoms with Crippen LogP contribution in [0.4, 0.5) is 4.39 Å². The van der Waals surface area contributed by atoms with E-state index in [9.17, 15) is 17.9 Å². The largest absolute Gasteiger partial charge is 0.493 e. The van der Waals surface area contributed by atoms with Gasteiger partial charge in [0, 0.05) is 41.3 Å². The number of H-pyrrole nitrogens is 1. The molecule has 160 valence electrons. The predicted molar refractivity (Wildman–Crippen MR) is 115 cm³/mol. The van der Waals surface area contributed by atoms with Crippen molar-refractivity contribution < 1.29 is 17.9 Å². The van der Waals surface area contributed by atoms with Crippen molar-refractivity contribution in [2.75, 3.05) is 6.54 Å². The number of hydrogen-bond acceptors (Lipinski definition) is 4. The van der Waals surface area contributed by atoms with Crippen LogP contribution in [-0.4, -0.2) is 39.1 Å². The highest BCUT2D eigenvalue weighted by Crippen LogP contribution is 2.42. The third-order valence-electron chi connectivity index (χ3n) is 5.85. The van der Waals surface area contributed by atoms with Gasteiger partial charge in [-0.1, -0.05) is 6.07 Å². The Labute approximate surface area is 178 Å². The van der Waals surface area contributed by atoms with E-state index in [1.165, 1.54) is 27.2 Å². The molecule has 4 aromatic rings. The molecule has 1 aliphatic heterocycles. The molecule has 5 rings (SSSR count). The number of sulfonamides is 1. The number of halogens is 1. The van der Waals surface area contributed by atoms with Gasteiger partial charge in [0.2, 0.25) is 15.9 Å². The van der Waals surface area contributed by atoms with E-state index in [0.717, 1.165) is 22.1 Å². The Kier molecular flexibility index (Phi) is 4.42. The zero-order chi connectivity index (χ0) is 21.9. The van der Waals surface area contributed by atoms with Crippen LogP contribution in [0, 0.1) is 12.7 Å². The molecule has 1 aliphatic rings. The summed E-state index contributed by atoms with van der Waals surface area (Å²) in [4.78, 5) is 3.36. The molecule has 3 heterocycles. The van der Waals surface area contributed by atoms with E-state index >= 15 is 0 Å². The van der Waals surface area contributed by atoms with Gasteiger partial charge >= 0.3 is 0 Å². The molecule has 31 heavy (non-hydrogen) atoms. The van der Waals surface area contributed by atoms with Crippen LogP contribution in [0.2, 0.25) is 0 Å². The zero-order valence-corrected chi connectivity index (χ0v) is 17.8. The molecule has 0 radical (unpaired) electrons. The standard InChI is InChI=1S/C22H21FN4O3S/c1-13-9-22(28)26(25-13)7-8-27-14(2)18-10-15(3-6-21(18)31(27,29)30)19-12-24-20-11-16(23)4-5-17(19)20/h3-6,9-12,14,24,28H,7-8H2,1-2H3. The Morgan fingerprint density at radius 3 is 2.71 bits per heavy atom. The monoisotopic (exact) mass is 440 g/mol. The summed E-state index contributed by atoms with van der Waals surface area (Å²) in [5.74, 6) is -0.305. The van der Waals surface area contributed by atoms with Crippen LogP contribution in [0.3, 0.4) is 0 Å². The van der Waals surface area contributed by atoms with Crippen LogP contribution < -0.4 is 0 Å². The number of benzene rings is 2.